The van der Waals surface area contributed by atoms with E-state index in [1.165, 1.54) is 5.56 Å². The van der Waals surface area contributed by atoms with Crippen LogP contribution in [0.4, 0.5) is 0 Å². The molecule has 0 spiro atoms. The average molecular weight is 279 g/mol. The van der Waals surface area contributed by atoms with Crippen LogP contribution in [0.1, 0.15) is 13.8 Å². The zero-order valence-electron chi connectivity index (χ0n) is 9.52. The third-order valence-corrected chi connectivity index (χ3v) is 2.98. The van der Waals surface area contributed by atoms with Crippen molar-refractivity contribution in [3.63, 3.8) is 0 Å². The Morgan fingerprint density at radius 2 is 1.94 bits per heavy atom. The molecule has 0 amide bonds. The summed E-state index contributed by atoms with van der Waals surface area (Å²) in [4.78, 5) is 4.33. The fourth-order valence-electron chi connectivity index (χ4n) is 1.77. The first-order chi connectivity index (χ1) is 7.68. The number of rotatable bonds is 3. The highest BCUT2D eigenvalue weighted by atomic mass is 79.9. The largest absolute Gasteiger partial charge is 0.329 e. The van der Waals surface area contributed by atoms with Crippen LogP contribution in [0.3, 0.4) is 0 Å². The predicted octanol–water partition coefficient (Wildman–Crippen LogP) is 3.97. The predicted molar refractivity (Wildman–Crippen MR) is 70.2 cm³/mol. The molecule has 2 nitrogen and oxygen atoms in total. The Balaban J connectivity index is 2.43. The summed E-state index contributed by atoms with van der Waals surface area (Å²) in [6, 6.07) is 10.3. The van der Waals surface area contributed by atoms with Gasteiger partial charge >= 0.3 is 0 Å². The Hall–Kier alpha value is -1.09. The first-order valence-electron chi connectivity index (χ1n) is 5.44. The SMILES string of the molecule is CC(C)Cn1cnc(Br)c1-c1ccccc1. The van der Waals surface area contributed by atoms with Crippen LogP contribution in [0.5, 0.6) is 0 Å². The molecule has 3 heteroatoms. The van der Waals surface area contributed by atoms with E-state index in [1.54, 1.807) is 0 Å². The van der Waals surface area contributed by atoms with Crippen molar-refractivity contribution >= 4 is 15.9 Å². The molecular weight excluding hydrogens is 264 g/mol. The summed E-state index contributed by atoms with van der Waals surface area (Å²) in [5.41, 5.74) is 2.36. The highest BCUT2D eigenvalue weighted by Gasteiger charge is 2.11. The smallest absolute Gasteiger partial charge is 0.132 e. The molecular formula is C13H15BrN2. The Morgan fingerprint density at radius 1 is 1.25 bits per heavy atom. The van der Waals surface area contributed by atoms with Gasteiger partial charge in [0, 0.05) is 12.1 Å². The minimum Gasteiger partial charge on any atom is -0.329 e. The molecule has 16 heavy (non-hydrogen) atoms. The minimum atomic E-state index is 0.614. The van der Waals surface area contributed by atoms with E-state index in [4.69, 9.17) is 0 Å². The molecule has 0 fully saturated rings. The molecule has 0 unspecified atom stereocenters. The van der Waals surface area contributed by atoms with Gasteiger partial charge in [-0.15, -0.1) is 0 Å². The summed E-state index contributed by atoms with van der Waals surface area (Å²) >= 11 is 3.51. The summed E-state index contributed by atoms with van der Waals surface area (Å²) in [5, 5.41) is 0. The quantitative estimate of drug-likeness (QED) is 0.831. The average Bonchev–Trinajstić information content (AvgIpc) is 2.60. The monoisotopic (exact) mass is 278 g/mol. The van der Waals surface area contributed by atoms with Crippen LogP contribution >= 0.6 is 15.9 Å². The third-order valence-electron chi connectivity index (χ3n) is 2.40. The maximum atomic E-state index is 4.33. The standard InChI is InChI=1S/C13H15BrN2/c1-10(2)8-16-9-15-13(14)12(16)11-6-4-3-5-7-11/h3-7,9-10H,8H2,1-2H3. The zero-order chi connectivity index (χ0) is 11.5. The van der Waals surface area contributed by atoms with Gasteiger partial charge in [-0.25, -0.2) is 4.98 Å². The maximum absolute atomic E-state index is 4.33. The number of aromatic nitrogens is 2. The lowest BCUT2D eigenvalue weighted by Gasteiger charge is -2.10. The van der Waals surface area contributed by atoms with Gasteiger partial charge in [0.05, 0.1) is 12.0 Å². The van der Waals surface area contributed by atoms with Gasteiger partial charge in [-0.2, -0.15) is 0 Å². The van der Waals surface area contributed by atoms with Crippen molar-refractivity contribution < 1.29 is 0 Å². The van der Waals surface area contributed by atoms with Gasteiger partial charge < -0.3 is 4.57 Å². The molecule has 0 bridgehead atoms. The summed E-state index contributed by atoms with van der Waals surface area (Å²) in [6.07, 6.45) is 1.90. The molecule has 0 aliphatic carbocycles. The Labute approximate surface area is 104 Å². The lowest BCUT2D eigenvalue weighted by atomic mass is 10.1. The van der Waals surface area contributed by atoms with Gasteiger partial charge in [0.25, 0.3) is 0 Å². The second-order valence-corrected chi connectivity index (χ2v) is 5.05. The summed E-state index contributed by atoms with van der Waals surface area (Å²) in [6.45, 7) is 5.41. The van der Waals surface area contributed by atoms with E-state index >= 15 is 0 Å². The minimum absolute atomic E-state index is 0.614. The maximum Gasteiger partial charge on any atom is 0.132 e. The highest BCUT2D eigenvalue weighted by molar-refractivity contribution is 9.10. The van der Waals surface area contributed by atoms with Gasteiger partial charge in [-0.1, -0.05) is 44.2 Å². The topological polar surface area (TPSA) is 17.8 Å². The van der Waals surface area contributed by atoms with E-state index in [0.29, 0.717) is 5.92 Å². The first-order valence-corrected chi connectivity index (χ1v) is 6.24. The van der Waals surface area contributed by atoms with Crippen molar-refractivity contribution in [3.8, 4) is 11.3 Å². The first kappa shape index (κ1) is 11.4. The van der Waals surface area contributed by atoms with Crippen LogP contribution in [0, 0.1) is 5.92 Å². The summed E-state index contributed by atoms with van der Waals surface area (Å²) < 4.78 is 3.11. The molecule has 0 aliphatic heterocycles. The molecule has 84 valence electrons. The number of nitrogens with zero attached hydrogens (tertiary/aromatic N) is 2. The van der Waals surface area contributed by atoms with E-state index in [-0.39, 0.29) is 0 Å². The van der Waals surface area contributed by atoms with Crippen molar-refractivity contribution in [2.24, 2.45) is 5.92 Å². The van der Waals surface area contributed by atoms with Crippen LogP contribution in [0.25, 0.3) is 11.3 Å². The molecule has 2 aromatic rings. The molecule has 0 saturated heterocycles. The van der Waals surface area contributed by atoms with E-state index in [2.05, 4.69) is 63.6 Å². The van der Waals surface area contributed by atoms with Crippen molar-refractivity contribution in [2.45, 2.75) is 20.4 Å². The fraction of sp³-hybridized carbons (Fsp3) is 0.308. The lowest BCUT2D eigenvalue weighted by Crippen LogP contribution is -2.04. The van der Waals surface area contributed by atoms with Crippen LogP contribution in [-0.4, -0.2) is 9.55 Å². The number of hydrogen-bond donors (Lipinski definition) is 0. The van der Waals surface area contributed by atoms with Crippen LogP contribution in [0.15, 0.2) is 41.3 Å². The van der Waals surface area contributed by atoms with Crippen LogP contribution in [-0.2, 0) is 6.54 Å². The van der Waals surface area contributed by atoms with Crippen LogP contribution < -0.4 is 0 Å². The number of hydrogen-bond acceptors (Lipinski definition) is 1. The van der Waals surface area contributed by atoms with E-state index < -0.39 is 0 Å². The second-order valence-electron chi connectivity index (χ2n) is 4.30. The van der Waals surface area contributed by atoms with E-state index in [0.717, 1.165) is 16.8 Å². The summed E-state index contributed by atoms with van der Waals surface area (Å²) in [5.74, 6) is 0.614. The summed E-state index contributed by atoms with van der Waals surface area (Å²) in [7, 11) is 0. The molecule has 0 aliphatic rings. The molecule has 0 saturated carbocycles. The molecule has 0 atom stereocenters. The zero-order valence-corrected chi connectivity index (χ0v) is 11.1. The second kappa shape index (κ2) is 4.83. The number of halogens is 1. The van der Waals surface area contributed by atoms with Gasteiger partial charge in [-0.05, 0) is 21.8 Å². The molecule has 1 aromatic carbocycles. The number of imidazole rings is 1. The van der Waals surface area contributed by atoms with Crippen molar-refractivity contribution in [3.05, 3.63) is 41.3 Å². The van der Waals surface area contributed by atoms with Crippen molar-refractivity contribution in [2.75, 3.05) is 0 Å². The fourth-order valence-corrected chi connectivity index (χ4v) is 2.32. The number of benzene rings is 1. The Bertz CT molecular complexity index is 460. The van der Waals surface area contributed by atoms with Gasteiger partial charge in [0.2, 0.25) is 0 Å². The Kier molecular flexibility index (Phi) is 3.44. The lowest BCUT2D eigenvalue weighted by molar-refractivity contribution is 0.526. The van der Waals surface area contributed by atoms with Gasteiger partial charge in [0.1, 0.15) is 4.60 Å². The molecule has 0 N–H and O–H groups in total. The van der Waals surface area contributed by atoms with E-state index in [1.807, 2.05) is 12.4 Å². The highest BCUT2D eigenvalue weighted by Crippen LogP contribution is 2.27. The molecule has 1 heterocycles. The van der Waals surface area contributed by atoms with Crippen molar-refractivity contribution in [1.29, 1.82) is 0 Å². The normalized spacial score (nSPS) is 11.0. The van der Waals surface area contributed by atoms with Gasteiger partial charge in [-0.3, -0.25) is 0 Å². The van der Waals surface area contributed by atoms with Crippen LogP contribution in [0.2, 0.25) is 0 Å². The molecule has 0 radical (unpaired) electrons. The van der Waals surface area contributed by atoms with E-state index in [9.17, 15) is 0 Å². The molecule has 2 rings (SSSR count). The van der Waals surface area contributed by atoms with Crippen molar-refractivity contribution in [1.82, 2.24) is 9.55 Å². The molecule has 1 aromatic heterocycles. The Morgan fingerprint density at radius 3 is 2.56 bits per heavy atom. The third kappa shape index (κ3) is 2.35. The van der Waals surface area contributed by atoms with Gasteiger partial charge in [0.15, 0.2) is 0 Å².